The van der Waals surface area contributed by atoms with Gasteiger partial charge in [-0.3, -0.25) is 4.79 Å². The average molecular weight is 498 g/mol. The monoisotopic (exact) mass is 497 g/mol. The number of likely N-dealkylation sites (tertiary alicyclic amines) is 1. The van der Waals surface area contributed by atoms with Crippen LogP contribution in [0.2, 0.25) is 0 Å². The second-order valence-electron chi connectivity index (χ2n) is 9.10. The number of carbonyl (C=O) groups is 2. The van der Waals surface area contributed by atoms with Crippen molar-refractivity contribution in [2.24, 2.45) is 0 Å². The Hall–Kier alpha value is -3.44. The molecule has 0 atom stereocenters. The lowest BCUT2D eigenvalue weighted by molar-refractivity contribution is 0.0703. The molecule has 0 saturated carbocycles. The van der Waals surface area contributed by atoms with Gasteiger partial charge in [-0.1, -0.05) is 12.1 Å². The number of benzene rings is 1. The minimum absolute atomic E-state index is 0.190. The lowest BCUT2D eigenvalue weighted by atomic mass is 9.86. The van der Waals surface area contributed by atoms with E-state index in [1.807, 2.05) is 0 Å². The van der Waals surface area contributed by atoms with Crippen molar-refractivity contribution in [3.63, 3.8) is 0 Å². The molecule has 2 N–H and O–H groups in total. The molecule has 5 rings (SSSR count). The molecule has 10 nitrogen and oxygen atoms in total. The molecule has 4 heterocycles. The molecule has 1 spiro atoms. The number of nitrogens with zero attached hydrogens (tertiary/aromatic N) is 4. The molecule has 184 valence electrons. The molecule has 2 aliphatic heterocycles. The van der Waals surface area contributed by atoms with Gasteiger partial charge in [0.05, 0.1) is 10.5 Å². The van der Waals surface area contributed by atoms with Gasteiger partial charge in [0.15, 0.2) is 0 Å². The predicted molar refractivity (Wildman–Crippen MR) is 127 cm³/mol. The Morgan fingerprint density at radius 2 is 1.77 bits per heavy atom. The molecule has 2 fully saturated rings. The highest BCUT2D eigenvalue weighted by molar-refractivity contribution is 7.89. The van der Waals surface area contributed by atoms with Gasteiger partial charge in [-0.2, -0.15) is 4.31 Å². The van der Waals surface area contributed by atoms with E-state index < -0.39 is 21.7 Å². The molecular weight excluding hydrogens is 470 g/mol. The van der Waals surface area contributed by atoms with Gasteiger partial charge in [-0.25, -0.2) is 18.2 Å². The number of fused-ring (bicyclic) bond motifs is 1. The van der Waals surface area contributed by atoms with E-state index in [0.29, 0.717) is 38.0 Å². The Bertz CT molecular complexity index is 1360. The van der Waals surface area contributed by atoms with Gasteiger partial charge in [0.2, 0.25) is 10.0 Å². The van der Waals surface area contributed by atoms with Crippen LogP contribution in [0.3, 0.4) is 0 Å². The van der Waals surface area contributed by atoms with Crippen LogP contribution in [0, 0.1) is 0 Å². The van der Waals surface area contributed by atoms with Gasteiger partial charge in [0, 0.05) is 50.3 Å². The number of aromatic nitrogens is 2. The Morgan fingerprint density at radius 3 is 2.49 bits per heavy atom. The van der Waals surface area contributed by atoms with E-state index in [4.69, 9.17) is 0 Å². The largest absolute Gasteiger partial charge is 0.465 e. The molecule has 0 aliphatic carbocycles. The van der Waals surface area contributed by atoms with Crippen molar-refractivity contribution < 1.29 is 23.1 Å². The average Bonchev–Trinajstić information content (AvgIpc) is 3.50. The van der Waals surface area contributed by atoms with Crippen LogP contribution < -0.4 is 5.32 Å². The SMILES string of the molecule is O=C(NCc1ccc(S(=O)(=O)N2CCC3(CCCN3C(=O)O)CC2)cc1)c1ccc2nccn2c1. The van der Waals surface area contributed by atoms with Crippen LogP contribution in [0.15, 0.2) is 59.9 Å². The standard InChI is InChI=1S/C24H27N5O5S/c30-22(19-4-7-21-25-11-15-27(21)17-19)26-16-18-2-5-20(6-3-18)35(33,34)28-13-9-24(10-14-28)8-1-12-29(24)23(31)32/h2-7,11,15,17H,1,8-10,12-14,16H2,(H,26,30)(H,31,32). The van der Waals surface area contributed by atoms with Crippen molar-refractivity contribution in [1.29, 1.82) is 0 Å². The fourth-order valence-corrected chi connectivity index (χ4v) is 6.61. The van der Waals surface area contributed by atoms with E-state index >= 15 is 0 Å². The third kappa shape index (κ3) is 4.37. The molecular formula is C24H27N5O5S. The molecule has 0 unspecified atom stereocenters. The van der Waals surface area contributed by atoms with E-state index in [0.717, 1.165) is 24.1 Å². The number of piperidine rings is 1. The third-order valence-electron chi connectivity index (χ3n) is 7.15. The van der Waals surface area contributed by atoms with Gasteiger partial charge in [-0.15, -0.1) is 0 Å². The summed E-state index contributed by atoms with van der Waals surface area (Å²) in [5.41, 5.74) is 1.59. The zero-order valence-corrected chi connectivity index (χ0v) is 19.9. The smallest absolute Gasteiger partial charge is 0.407 e. The van der Waals surface area contributed by atoms with E-state index in [-0.39, 0.29) is 17.3 Å². The fourth-order valence-electron chi connectivity index (χ4n) is 5.17. The molecule has 35 heavy (non-hydrogen) atoms. The number of imidazole rings is 1. The quantitative estimate of drug-likeness (QED) is 0.558. The first kappa shape index (κ1) is 23.3. The number of carbonyl (C=O) groups excluding carboxylic acids is 1. The zero-order valence-electron chi connectivity index (χ0n) is 19.1. The molecule has 11 heteroatoms. The van der Waals surface area contributed by atoms with Crippen LogP contribution in [0.25, 0.3) is 5.65 Å². The number of pyridine rings is 1. The molecule has 2 aromatic heterocycles. The Labute approximate surface area is 203 Å². The number of rotatable bonds is 5. The Kier molecular flexibility index (Phi) is 5.97. The van der Waals surface area contributed by atoms with Gasteiger partial charge < -0.3 is 19.7 Å². The maximum Gasteiger partial charge on any atom is 0.407 e. The minimum Gasteiger partial charge on any atom is -0.465 e. The fraction of sp³-hybridized carbons (Fsp3) is 0.375. The maximum atomic E-state index is 13.2. The number of hydrogen-bond acceptors (Lipinski definition) is 5. The molecule has 2 amide bonds. The second kappa shape index (κ2) is 8.97. The van der Waals surface area contributed by atoms with Gasteiger partial charge in [0.25, 0.3) is 5.91 Å². The summed E-state index contributed by atoms with van der Waals surface area (Å²) in [5.74, 6) is -0.234. The summed E-state index contributed by atoms with van der Waals surface area (Å²) in [7, 11) is -3.68. The highest BCUT2D eigenvalue weighted by Crippen LogP contribution is 2.39. The van der Waals surface area contributed by atoms with E-state index in [1.54, 1.807) is 59.4 Å². The van der Waals surface area contributed by atoms with Crippen molar-refractivity contribution in [2.45, 2.75) is 42.7 Å². The summed E-state index contributed by atoms with van der Waals surface area (Å²) >= 11 is 0. The number of amides is 2. The summed E-state index contributed by atoms with van der Waals surface area (Å²) < 4.78 is 29.6. The molecule has 2 saturated heterocycles. The molecule has 2 aliphatic rings. The summed E-state index contributed by atoms with van der Waals surface area (Å²) in [6.45, 7) is 1.37. The topological polar surface area (TPSA) is 124 Å². The first-order chi connectivity index (χ1) is 16.8. The lowest BCUT2D eigenvalue weighted by Gasteiger charge is -2.43. The van der Waals surface area contributed by atoms with Crippen LogP contribution >= 0.6 is 0 Å². The van der Waals surface area contributed by atoms with Crippen LogP contribution in [0.4, 0.5) is 4.79 Å². The van der Waals surface area contributed by atoms with Gasteiger partial charge >= 0.3 is 6.09 Å². The highest BCUT2D eigenvalue weighted by Gasteiger charge is 2.47. The van der Waals surface area contributed by atoms with Crippen molar-refractivity contribution in [3.8, 4) is 0 Å². The lowest BCUT2D eigenvalue weighted by Crippen LogP contribution is -2.54. The van der Waals surface area contributed by atoms with E-state index in [2.05, 4.69) is 10.3 Å². The van der Waals surface area contributed by atoms with Crippen LogP contribution in [0.5, 0.6) is 0 Å². The molecule has 1 aromatic carbocycles. The second-order valence-corrected chi connectivity index (χ2v) is 11.0. The zero-order chi connectivity index (χ0) is 24.6. The summed E-state index contributed by atoms with van der Waals surface area (Å²) in [6.07, 6.45) is 6.82. The first-order valence-electron chi connectivity index (χ1n) is 11.6. The molecule has 0 bridgehead atoms. The maximum absolute atomic E-state index is 13.2. The summed E-state index contributed by atoms with van der Waals surface area (Å²) in [4.78, 5) is 29.9. The Morgan fingerprint density at radius 1 is 1.03 bits per heavy atom. The first-order valence-corrected chi connectivity index (χ1v) is 13.0. The van der Waals surface area contributed by atoms with Crippen molar-refractivity contribution in [3.05, 3.63) is 66.1 Å². The van der Waals surface area contributed by atoms with Gasteiger partial charge in [0.1, 0.15) is 5.65 Å². The van der Waals surface area contributed by atoms with Crippen LogP contribution in [-0.4, -0.2) is 69.3 Å². The van der Waals surface area contributed by atoms with Crippen molar-refractivity contribution in [2.75, 3.05) is 19.6 Å². The number of hydrogen-bond donors (Lipinski definition) is 2. The predicted octanol–water partition coefficient (Wildman–Crippen LogP) is 2.56. The van der Waals surface area contributed by atoms with E-state index in [9.17, 15) is 23.1 Å². The van der Waals surface area contributed by atoms with E-state index in [1.165, 1.54) is 9.21 Å². The van der Waals surface area contributed by atoms with Crippen molar-refractivity contribution >= 4 is 27.7 Å². The molecule has 3 aromatic rings. The normalized spacial score (nSPS) is 18.2. The highest BCUT2D eigenvalue weighted by atomic mass is 32.2. The van der Waals surface area contributed by atoms with Crippen molar-refractivity contribution in [1.82, 2.24) is 23.9 Å². The Balaban J connectivity index is 1.20. The number of carboxylic acid groups (broad SMARTS) is 1. The summed E-state index contributed by atoms with van der Waals surface area (Å²) in [6, 6.07) is 9.97. The minimum atomic E-state index is -3.68. The number of nitrogens with one attached hydrogen (secondary N) is 1. The molecule has 0 radical (unpaired) electrons. The van der Waals surface area contributed by atoms with Gasteiger partial charge in [-0.05, 0) is 55.5 Å². The third-order valence-corrected chi connectivity index (χ3v) is 9.06. The number of sulfonamides is 1. The summed E-state index contributed by atoms with van der Waals surface area (Å²) in [5, 5.41) is 12.4. The van der Waals surface area contributed by atoms with Crippen LogP contribution in [0.1, 0.15) is 41.6 Å². The van der Waals surface area contributed by atoms with Crippen LogP contribution in [-0.2, 0) is 16.6 Å².